The number of aromatic nitrogens is 2. The quantitative estimate of drug-likeness (QED) is 0.190. The van der Waals surface area contributed by atoms with Crippen LogP contribution in [0, 0.1) is 0 Å². The van der Waals surface area contributed by atoms with Crippen LogP contribution >= 0.6 is 11.3 Å². The number of rotatable bonds is 4. The van der Waals surface area contributed by atoms with E-state index in [-0.39, 0.29) is 0 Å². The fraction of sp³-hybridized carbons (Fsp3) is 0. The van der Waals surface area contributed by atoms with Gasteiger partial charge in [0, 0.05) is 10.8 Å². The molecule has 3 heteroatoms. The first-order chi connectivity index (χ1) is 23.7. The fourth-order valence-corrected chi connectivity index (χ4v) is 8.14. The molecule has 0 unspecified atom stereocenters. The molecule has 0 amide bonds. The number of para-hydroxylation sites is 2. The Morgan fingerprint density at radius 2 is 0.875 bits per heavy atom. The SMILES string of the molecule is c1ccc2cc(-c3ccc4cc(-c5ccc(-c6ccc7c(c6)c6ccccc6n7-c6nc7ccccc7s6)cc5)ccc4c3)ccc2c1. The number of hydrogen-bond acceptors (Lipinski definition) is 2. The summed E-state index contributed by atoms with van der Waals surface area (Å²) in [6.07, 6.45) is 0. The van der Waals surface area contributed by atoms with E-state index < -0.39 is 0 Å². The van der Waals surface area contributed by atoms with Gasteiger partial charge in [0.1, 0.15) is 0 Å². The smallest absolute Gasteiger partial charge is 0.195 e. The molecule has 224 valence electrons. The molecular weight excluding hydrogens is 601 g/mol. The van der Waals surface area contributed by atoms with Crippen LogP contribution in [0.5, 0.6) is 0 Å². The van der Waals surface area contributed by atoms with E-state index in [1.807, 2.05) is 0 Å². The van der Waals surface area contributed by atoms with Gasteiger partial charge in [0.25, 0.3) is 0 Å². The number of thiazole rings is 1. The molecule has 0 atom stereocenters. The third kappa shape index (κ3) is 4.44. The molecule has 48 heavy (non-hydrogen) atoms. The van der Waals surface area contributed by atoms with Crippen LogP contribution in [-0.4, -0.2) is 9.55 Å². The summed E-state index contributed by atoms with van der Waals surface area (Å²) in [6, 6.07) is 61.7. The molecule has 0 spiro atoms. The Morgan fingerprint density at radius 3 is 1.60 bits per heavy atom. The van der Waals surface area contributed by atoms with Crippen LogP contribution in [0.2, 0.25) is 0 Å². The lowest BCUT2D eigenvalue weighted by atomic mass is 9.95. The summed E-state index contributed by atoms with van der Waals surface area (Å²) in [7, 11) is 0. The molecule has 2 nitrogen and oxygen atoms in total. The second-order valence-corrected chi connectivity index (χ2v) is 13.5. The minimum atomic E-state index is 1.000. The summed E-state index contributed by atoms with van der Waals surface area (Å²) in [5.74, 6) is 0. The fourth-order valence-electron chi connectivity index (χ4n) is 7.14. The predicted octanol–water partition coefficient (Wildman–Crippen LogP) is 12.7. The molecule has 0 aliphatic rings. The molecule has 0 saturated carbocycles. The van der Waals surface area contributed by atoms with Gasteiger partial charge < -0.3 is 0 Å². The van der Waals surface area contributed by atoms with Crippen LogP contribution in [-0.2, 0) is 0 Å². The number of nitrogens with zero attached hydrogens (tertiary/aromatic N) is 2. The topological polar surface area (TPSA) is 17.8 Å². The minimum Gasteiger partial charge on any atom is -0.285 e. The van der Waals surface area contributed by atoms with Crippen LogP contribution in [0.1, 0.15) is 0 Å². The van der Waals surface area contributed by atoms with Crippen LogP contribution in [0.4, 0.5) is 0 Å². The maximum atomic E-state index is 5.00. The average molecular weight is 629 g/mol. The Balaban J connectivity index is 0.980. The zero-order valence-electron chi connectivity index (χ0n) is 26.0. The number of benzene rings is 8. The highest BCUT2D eigenvalue weighted by atomic mass is 32.1. The van der Waals surface area contributed by atoms with Crippen molar-refractivity contribution in [2.24, 2.45) is 0 Å². The van der Waals surface area contributed by atoms with Crippen molar-refractivity contribution in [2.75, 3.05) is 0 Å². The molecule has 0 fully saturated rings. The third-order valence-electron chi connectivity index (χ3n) is 9.62. The Morgan fingerprint density at radius 1 is 0.375 bits per heavy atom. The highest BCUT2D eigenvalue weighted by molar-refractivity contribution is 7.20. The van der Waals surface area contributed by atoms with Crippen molar-refractivity contribution in [3.63, 3.8) is 0 Å². The summed E-state index contributed by atoms with van der Waals surface area (Å²) in [6.45, 7) is 0. The highest BCUT2D eigenvalue weighted by Crippen LogP contribution is 2.38. The van der Waals surface area contributed by atoms with Gasteiger partial charge in [0.15, 0.2) is 5.13 Å². The maximum absolute atomic E-state index is 5.00. The molecule has 0 radical (unpaired) electrons. The van der Waals surface area contributed by atoms with E-state index in [2.05, 4.69) is 174 Å². The molecule has 0 aliphatic heterocycles. The lowest BCUT2D eigenvalue weighted by Gasteiger charge is -2.09. The maximum Gasteiger partial charge on any atom is 0.195 e. The molecule has 0 aliphatic carbocycles. The van der Waals surface area contributed by atoms with Crippen molar-refractivity contribution >= 4 is 64.9 Å². The van der Waals surface area contributed by atoms with Crippen LogP contribution in [0.25, 0.3) is 92.1 Å². The van der Waals surface area contributed by atoms with Crippen LogP contribution in [0.15, 0.2) is 170 Å². The van der Waals surface area contributed by atoms with E-state index in [1.165, 1.54) is 81.4 Å². The largest absolute Gasteiger partial charge is 0.285 e. The van der Waals surface area contributed by atoms with E-state index in [0.717, 1.165) is 10.6 Å². The van der Waals surface area contributed by atoms with Gasteiger partial charge in [-0.1, -0.05) is 133 Å². The first kappa shape index (κ1) is 27.1. The van der Waals surface area contributed by atoms with Gasteiger partial charge >= 0.3 is 0 Å². The highest BCUT2D eigenvalue weighted by Gasteiger charge is 2.16. The first-order valence-corrected chi connectivity index (χ1v) is 17.1. The van der Waals surface area contributed by atoms with Crippen molar-refractivity contribution in [1.29, 1.82) is 0 Å². The molecule has 2 heterocycles. The molecule has 10 rings (SSSR count). The second-order valence-electron chi connectivity index (χ2n) is 12.5. The summed E-state index contributed by atoms with van der Waals surface area (Å²) < 4.78 is 3.51. The number of fused-ring (bicyclic) bond motifs is 6. The normalized spacial score (nSPS) is 11.8. The van der Waals surface area contributed by atoms with E-state index in [1.54, 1.807) is 11.3 Å². The summed E-state index contributed by atoms with van der Waals surface area (Å²) in [5.41, 5.74) is 10.7. The zero-order chi connectivity index (χ0) is 31.6. The van der Waals surface area contributed by atoms with Gasteiger partial charge in [-0.15, -0.1) is 0 Å². The predicted molar refractivity (Wildman–Crippen MR) is 205 cm³/mol. The van der Waals surface area contributed by atoms with Crippen molar-refractivity contribution in [2.45, 2.75) is 0 Å². The number of hydrogen-bond donors (Lipinski definition) is 0. The first-order valence-electron chi connectivity index (χ1n) is 16.3. The van der Waals surface area contributed by atoms with E-state index in [4.69, 9.17) is 4.98 Å². The van der Waals surface area contributed by atoms with E-state index in [0.29, 0.717) is 0 Å². The lowest BCUT2D eigenvalue weighted by Crippen LogP contribution is -1.92. The van der Waals surface area contributed by atoms with Gasteiger partial charge in [-0.25, -0.2) is 4.98 Å². The standard InChI is InChI=1S/C45H28N2S/c1-2-8-32-25-34(18-17-29(32)7-1)37-22-21-35-26-33(19-20-36(35)27-37)30-13-15-31(16-14-30)38-23-24-43-40(28-38)39-9-3-5-11-42(39)47(43)45-46-41-10-4-6-12-44(41)48-45/h1-28H. The van der Waals surface area contributed by atoms with Gasteiger partial charge in [0.05, 0.1) is 21.3 Å². The van der Waals surface area contributed by atoms with Crippen LogP contribution in [0.3, 0.4) is 0 Å². The Labute approximate surface area is 281 Å². The van der Waals surface area contributed by atoms with Gasteiger partial charge in [-0.3, -0.25) is 4.57 Å². The van der Waals surface area contributed by atoms with Crippen molar-refractivity contribution in [1.82, 2.24) is 9.55 Å². The lowest BCUT2D eigenvalue weighted by molar-refractivity contribution is 1.15. The Kier molecular flexibility index (Phi) is 6.08. The average Bonchev–Trinajstić information content (AvgIpc) is 3.73. The van der Waals surface area contributed by atoms with Gasteiger partial charge in [-0.05, 0) is 103 Å². The minimum absolute atomic E-state index is 1.000. The molecule has 0 saturated heterocycles. The molecule has 0 N–H and O–H groups in total. The molecular formula is C45H28N2S. The zero-order valence-corrected chi connectivity index (χ0v) is 26.8. The van der Waals surface area contributed by atoms with Crippen molar-refractivity contribution < 1.29 is 0 Å². The molecule has 10 aromatic rings. The second kappa shape index (κ2) is 10.8. The third-order valence-corrected chi connectivity index (χ3v) is 10.6. The summed E-state index contributed by atoms with van der Waals surface area (Å²) >= 11 is 1.74. The summed E-state index contributed by atoms with van der Waals surface area (Å²) in [4.78, 5) is 5.00. The van der Waals surface area contributed by atoms with Gasteiger partial charge in [0.2, 0.25) is 0 Å². The Bertz CT molecular complexity index is 2800. The summed E-state index contributed by atoms with van der Waals surface area (Å²) in [5, 5.41) is 8.51. The Hall–Kier alpha value is -6.03. The molecule has 2 aromatic heterocycles. The van der Waals surface area contributed by atoms with Crippen molar-refractivity contribution in [3.05, 3.63) is 170 Å². The molecule has 0 bridgehead atoms. The van der Waals surface area contributed by atoms with Crippen LogP contribution < -0.4 is 0 Å². The van der Waals surface area contributed by atoms with Gasteiger partial charge in [-0.2, -0.15) is 0 Å². The monoisotopic (exact) mass is 628 g/mol. The van der Waals surface area contributed by atoms with E-state index >= 15 is 0 Å². The van der Waals surface area contributed by atoms with E-state index in [9.17, 15) is 0 Å². The molecule has 8 aromatic carbocycles. The van der Waals surface area contributed by atoms with Crippen molar-refractivity contribution in [3.8, 4) is 38.5 Å².